The number of fused-ring (bicyclic) bond motifs is 1. The smallest absolute Gasteiger partial charge is 0.189 e. The van der Waals surface area contributed by atoms with Gasteiger partial charge in [0.2, 0.25) is 0 Å². The number of halogens is 1. The molecule has 6 heteroatoms. The SMILES string of the molecule is CC(C)C1OCCCC1CN=C(N)NC1CCOc2ccccc21.I. The van der Waals surface area contributed by atoms with Crippen LogP contribution in [-0.4, -0.2) is 31.8 Å². The molecule has 3 unspecified atom stereocenters. The first-order valence-electron chi connectivity index (χ1n) is 9.05. The van der Waals surface area contributed by atoms with E-state index in [1.165, 1.54) is 6.42 Å². The fourth-order valence-electron chi connectivity index (χ4n) is 3.73. The van der Waals surface area contributed by atoms with Crippen LogP contribution in [0.2, 0.25) is 0 Å². The van der Waals surface area contributed by atoms with E-state index >= 15 is 0 Å². The lowest BCUT2D eigenvalue weighted by molar-refractivity contribution is -0.0491. The maximum absolute atomic E-state index is 6.16. The Balaban J connectivity index is 0.00000225. The summed E-state index contributed by atoms with van der Waals surface area (Å²) in [5, 5.41) is 3.37. The van der Waals surface area contributed by atoms with Crippen molar-refractivity contribution in [3.63, 3.8) is 0 Å². The fraction of sp³-hybridized carbons (Fsp3) is 0.632. The molecule has 3 rings (SSSR count). The Morgan fingerprint density at radius 3 is 2.88 bits per heavy atom. The number of nitrogens with one attached hydrogen (secondary N) is 1. The van der Waals surface area contributed by atoms with Crippen LogP contribution < -0.4 is 15.8 Å². The Hall–Kier alpha value is -1.02. The van der Waals surface area contributed by atoms with Gasteiger partial charge >= 0.3 is 0 Å². The first-order chi connectivity index (χ1) is 11.6. The van der Waals surface area contributed by atoms with Gasteiger partial charge in [0.15, 0.2) is 5.96 Å². The first-order valence-corrected chi connectivity index (χ1v) is 9.05. The number of benzene rings is 1. The van der Waals surface area contributed by atoms with Crippen molar-refractivity contribution < 1.29 is 9.47 Å². The molecule has 0 spiro atoms. The summed E-state index contributed by atoms with van der Waals surface area (Å²) in [7, 11) is 0. The highest BCUT2D eigenvalue weighted by Crippen LogP contribution is 2.31. The molecule has 1 aromatic carbocycles. The van der Waals surface area contributed by atoms with Gasteiger partial charge in [-0.05, 0) is 24.8 Å². The third kappa shape index (κ3) is 5.23. The highest BCUT2D eigenvalue weighted by Gasteiger charge is 2.28. The van der Waals surface area contributed by atoms with E-state index in [9.17, 15) is 0 Å². The van der Waals surface area contributed by atoms with Gasteiger partial charge in [0.25, 0.3) is 0 Å². The summed E-state index contributed by atoms with van der Waals surface area (Å²) in [6, 6.07) is 8.28. The monoisotopic (exact) mass is 459 g/mol. The van der Waals surface area contributed by atoms with E-state index in [0.717, 1.165) is 37.3 Å². The highest BCUT2D eigenvalue weighted by atomic mass is 127. The third-order valence-corrected chi connectivity index (χ3v) is 4.93. The van der Waals surface area contributed by atoms with E-state index in [1.807, 2.05) is 18.2 Å². The van der Waals surface area contributed by atoms with E-state index in [-0.39, 0.29) is 30.0 Å². The standard InChI is InChI=1S/C19H29N3O2.HI/c1-13(2)18-14(6-5-10-24-18)12-21-19(20)22-16-9-11-23-17-8-4-3-7-15(16)17;/h3-4,7-8,13-14,16,18H,5-6,9-12H2,1-2H3,(H3,20,21,22);1H. The second-order valence-electron chi connectivity index (χ2n) is 7.08. The molecule has 2 heterocycles. The van der Waals surface area contributed by atoms with Crippen LogP contribution in [0.3, 0.4) is 0 Å². The van der Waals surface area contributed by atoms with Crippen LogP contribution in [0.25, 0.3) is 0 Å². The second kappa shape index (κ2) is 9.62. The Bertz CT molecular complexity index is 580. The minimum atomic E-state index is 0. The van der Waals surface area contributed by atoms with Gasteiger partial charge in [0.05, 0.1) is 18.8 Å². The van der Waals surface area contributed by atoms with E-state index in [4.69, 9.17) is 15.2 Å². The fourth-order valence-corrected chi connectivity index (χ4v) is 3.73. The van der Waals surface area contributed by atoms with Crippen LogP contribution in [0.1, 0.15) is 44.7 Å². The number of hydrogen-bond donors (Lipinski definition) is 2. The maximum atomic E-state index is 6.16. The lowest BCUT2D eigenvalue weighted by Gasteiger charge is -2.33. The molecule has 0 aliphatic carbocycles. The molecule has 1 aromatic rings. The Morgan fingerprint density at radius 1 is 1.28 bits per heavy atom. The molecule has 0 aromatic heterocycles. The van der Waals surface area contributed by atoms with Crippen molar-refractivity contribution in [1.29, 1.82) is 0 Å². The molecular formula is C19H30IN3O2. The summed E-state index contributed by atoms with van der Waals surface area (Å²) >= 11 is 0. The number of guanidine groups is 1. The van der Waals surface area contributed by atoms with Gasteiger partial charge in [-0.1, -0.05) is 32.0 Å². The van der Waals surface area contributed by atoms with Crippen molar-refractivity contribution in [2.45, 2.75) is 45.3 Å². The van der Waals surface area contributed by atoms with E-state index in [1.54, 1.807) is 0 Å². The van der Waals surface area contributed by atoms with Gasteiger partial charge < -0.3 is 20.5 Å². The second-order valence-corrected chi connectivity index (χ2v) is 7.08. The van der Waals surface area contributed by atoms with Gasteiger partial charge in [-0.3, -0.25) is 4.99 Å². The van der Waals surface area contributed by atoms with Crippen molar-refractivity contribution in [3.05, 3.63) is 29.8 Å². The minimum absolute atomic E-state index is 0. The number of ether oxygens (including phenoxy) is 2. The molecule has 25 heavy (non-hydrogen) atoms. The summed E-state index contributed by atoms with van der Waals surface area (Å²) in [5.41, 5.74) is 7.31. The van der Waals surface area contributed by atoms with Crippen molar-refractivity contribution in [2.75, 3.05) is 19.8 Å². The molecule has 2 aliphatic rings. The van der Waals surface area contributed by atoms with E-state index in [2.05, 4.69) is 30.2 Å². The quantitative estimate of drug-likeness (QED) is 0.411. The van der Waals surface area contributed by atoms with Gasteiger partial charge in [0, 0.05) is 31.1 Å². The molecule has 5 nitrogen and oxygen atoms in total. The zero-order valence-corrected chi connectivity index (χ0v) is 17.4. The van der Waals surface area contributed by atoms with Gasteiger partial charge in [0.1, 0.15) is 5.75 Å². The minimum Gasteiger partial charge on any atom is -0.493 e. The largest absolute Gasteiger partial charge is 0.493 e. The van der Waals surface area contributed by atoms with Crippen LogP contribution >= 0.6 is 24.0 Å². The Labute approximate surface area is 167 Å². The third-order valence-electron chi connectivity index (χ3n) is 4.93. The number of aliphatic imine (C=N–C) groups is 1. The van der Waals surface area contributed by atoms with Crippen LogP contribution in [0.4, 0.5) is 0 Å². The van der Waals surface area contributed by atoms with Crippen LogP contribution in [-0.2, 0) is 4.74 Å². The lowest BCUT2D eigenvalue weighted by atomic mass is 9.87. The summed E-state index contributed by atoms with van der Waals surface area (Å²) in [6.07, 6.45) is 3.47. The zero-order chi connectivity index (χ0) is 16.9. The lowest BCUT2D eigenvalue weighted by Crippen LogP contribution is -2.39. The zero-order valence-electron chi connectivity index (χ0n) is 15.1. The Kier molecular flexibility index (Phi) is 7.81. The molecule has 0 saturated carbocycles. The topological polar surface area (TPSA) is 68.9 Å². The number of nitrogens with zero attached hydrogens (tertiary/aromatic N) is 1. The summed E-state index contributed by atoms with van der Waals surface area (Å²) < 4.78 is 11.6. The number of para-hydroxylation sites is 1. The molecule has 3 atom stereocenters. The van der Waals surface area contributed by atoms with E-state index in [0.29, 0.717) is 30.5 Å². The molecule has 0 amide bonds. The molecule has 2 aliphatic heterocycles. The molecule has 1 fully saturated rings. The van der Waals surface area contributed by atoms with Gasteiger partial charge in [-0.25, -0.2) is 0 Å². The van der Waals surface area contributed by atoms with Crippen molar-refractivity contribution >= 4 is 29.9 Å². The predicted molar refractivity (Wildman–Crippen MR) is 112 cm³/mol. The average molecular weight is 459 g/mol. The van der Waals surface area contributed by atoms with Crippen molar-refractivity contribution in [3.8, 4) is 5.75 Å². The van der Waals surface area contributed by atoms with Crippen molar-refractivity contribution in [2.24, 2.45) is 22.6 Å². The highest BCUT2D eigenvalue weighted by molar-refractivity contribution is 14.0. The molecule has 3 N–H and O–H groups in total. The van der Waals surface area contributed by atoms with Gasteiger partial charge in [-0.15, -0.1) is 24.0 Å². The average Bonchev–Trinajstić information content (AvgIpc) is 2.60. The summed E-state index contributed by atoms with van der Waals surface area (Å²) in [5.74, 6) is 2.43. The molecule has 140 valence electrons. The predicted octanol–water partition coefficient (Wildman–Crippen LogP) is 3.48. The van der Waals surface area contributed by atoms with Crippen molar-refractivity contribution in [1.82, 2.24) is 5.32 Å². The van der Waals surface area contributed by atoms with Crippen LogP contribution in [0.5, 0.6) is 5.75 Å². The molecule has 0 radical (unpaired) electrons. The number of hydrogen-bond acceptors (Lipinski definition) is 3. The Morgan fingerprint density at radius 2 is 2.08 bits per heavy atom. The number of nitrogens with two attached hydrogens (primary N) is 1. The van der Waals surface area contributed by atoms with Gasteiger partial charge in [-0.2, -0.15) is 0 Å². The van der Waals surface area contributed by atoms with Crippen LogP contribution in [0.15, 0.2) is 29.3 Å². The molecule has 1 saturated heterocycles. The number of rotatable bonds is 4. The summed E-state index contributed by atoms with van der Waals surface area (Å²) in [4.78, 5) is 4.61. The normalized spacial score (nSPS) is 26.4. The first kappa shape index (κ1) is 20.3. The summed E-state index contributed by atoms with van der Waals surface area (Å²) in [6.45, 7) is 6.73. The molecule has 0 bridgehead atoms. The van der Waals surface area contributed by atoms with E-state index < -0.39 is 0 Å². The molecular weight excluding hydrogens is 429 g/mol. The maximum Gasteiger partial charge on any atom is 0.189 e. The van der Waals surface area contributed by atoms with Crippen LogP contribution in [0, 0.1) is 11.8 Å².